The molecular weight excluding hydrogens is 215 g/mol. The van der Waals surface area contributed by atoms with Crippen LogP contribution in [0.15, 0.2) is 60.7 Å². The van der Waals surface area contributed by atoms with Crippen LogP contribution in [0.5, 0.6) is 0 Å². The molecule has 0 aromatic heterocycles. The molecule has 2 aromatic rings. The molecule has 1 nitrogen and oxygen atoms in total. The molecule has 0 aliphatic rings. The standard InChI is InChI=1S/C14H11OP/c15-16(14-9-5-2-6-10-14)12-11-13-7-3-1-4-8-13/h1-10,16H. The molecule has 2 rings (SSSR count). The van der Waals surface area contributed by atoms with Crippen LogP contribution in [0.4, 0.5) is 0 Å². The van der Waals surface area contributed by atoms with Gasteiger partial charge in [-0.05, 0) is 17.8 Å². The van der Waals surface area contributed by atoms with E-state index in [1.807, 2.05) is 60.7 Å². The molecular formula is C14H11OP. The lowest BCUT2D eigenvalue weighted by atomic mass is 10.2. The Bertz CT molecular complexity index is 535. The van der Waals surface area contributed by atoms with Crippen LogP contribution in [0.25, 0.3) is 0 Å². The Morgan fingerprint density at radius 2 is 1.38 bits per heavy atom. The Morgan fingerprint density at radius 3 is 2.00 bits per heavy atom. The van der Waals surface area contributed by atoms with Gasteiger partial charge in [0.15, 0.2) is 7.80 Å². The Hall–Kier alpha value is -1.77. The lowest BCUT2D eigenvalue weighted by Gasteiger charge is -1.92. The van der Waals surface area contributed by atoms with Crippen LogP contribution < -0.4 is 5.30 Å². The summed E-state index contributed by atoms with van der Waals surface area (Å²) in [6.07, 6.45) is 0. The SMILES string of the molecule is O=[PH](C#Cc1ccccc1)c1ccccc1. The van der Waals surface area contributed by atoms with E-state index >= 15 is 0 Å². The van der Waals surface area contributed by atoms with Crippen molar-refractivity contribution >= 4 is 13.1 Å². The third-order valence-corrected chi connectivity index (χ3v) is 3.34. The topological polar surface area (TPSA) is 17.1 Å². The summed E-state index contributed by atoms with van der Waals surface area (Å²) in [6.45, 7) is 0. The summed E-state index contributed by atoms with van der Waals surface area (Å²) < 4.78 is 11.8. The van der Waals surface area contributed by atoms with E-state index in [0.717, 1.165) is 10.9 Å². The maximum Gasteiger partial charge on any atom is 0.171 e. The second-order valence-electron chi connectivity index (χ2n) is 3.31. The van der Waals surface area contributed by atoms with Crippen molar-refractivity contribution in [3.63, 3.8) is 0 Å². The van der Waals surface area contributed by atoms with Crippen LogP contribution in [-0.2, 0) is 4.57 Å². The van der Waals surface area contributed by atoms with E-state index in [0.29, 0.717) is 0 Å². The third-order valence-electron chi connectivity index (χ3n) is 2.13. The first-order chi connectivity index (χ1) is 7.86. The predicted octanol–water partition coefficient (Wildman–Crippen LogP) is 2.88. The van der Waals surface area contributed by atoms with Gasteiger partial charge in [-0.2, -0.15) is 0 Å². The molecule has 0 fully saturated rings. The van der Waals surface area contributed by atoms with Crippen LogP contribution in [0, 0.1) is 11.6 Å². The molecule has 0 bridgehead atoms. The third kappa shape index (κ3) is 2.86. The summed E-state index contributed by atoms with van der Waals surface area (Å²) in [6, 6.07) is 19.0. The van der Waals surface area contributed by atoms with Crippen molar-refractivity contribution in [2.24, 2.45) is 0 Å². The van der Waals surface area contributed by atoms with Gasteiger partial charge in [-0.3, -0.25) is 0 Å². The molecule has 16 heavy (non-hydrogen) atoms. The maximum atomic E-state index is 11.8. The maximum absolute atomic E-state index is 11.8. The van der Waals surface area contributed by atoms with Gasteiger partial charge in [0.25, 0.3) is 0 Å². The highest BCUT2D eigenvalue weighted by molar-refractivity contribution is 7.58. The van der Waals surface area contributed by atoms with Gasteiger partial charge < -0.3 is 4.57 Å². The molecule has 0 radical (unpaired) electrons. The number of hydrogen-bond donors (Lipinski definition) is 0. The van der Waals surface area contributed by atoms with Gasteiger partial charge in [0, 0.05) is 10.9 Å². The zero-order valence-electron chi connectivity index (χ0n) is 8.68. The summed E-state index contributed by atoms with van der Waals surface area (Å²) in [7, 11) is -1.98. The molecule has 2 heteroatoms. The Labute approximate surface area is 95.9 Å². The largest absolute Gasteiger partial charge is 0.308 e. The molecule has 0 aliphatic heterocycles. The number of hydrogen-bond acceptors (Lipinski definition) is 1. The van der Waals surface area contributed by atoms with Crippen molar-refractivity contribution in [3.05, 3.63) is 66.2 Å². The molecule has 1 unspecified atom stereocenters. The smallest absolute Gasteiger partial charge is 0.171 e. The molecule has 1 atom stereocenters. The fourth-order valence-corrected chi connectivity index (χ4v) is 2.21. The zero-order valence-corrected chi connectivity index (χ0v) is 9.68. The van der Waals surface area contributed by atoms with Crippen molar-refractivity contribution in [1.82, 2.24) is 0 Å². The average Bonchev–Trinajstić information content (AvgIpc) is 2.38. The van der Waals surface area contributed by atoms with Crippen molar-refractivity contribution < 1.29 is 4.57 Å². The first kappa shape index (κ1) is 10.7. The summed E-state index contributed by atoms with van der Waals surface area (Å²) in [4.78, 5) is 0. The highest BCUT2D eigenvalue weighted by Gasteiger charge is 1.96. The van der Waals surface area contributed by atoms with E-state index in [2.05, 4.69) is 11.6 Å². The minimum absolute atomic E-state index is 0.816. The van der Waals surface area contributed by atoms with Gasteiger partial charge in [0.1, 0.15) is 0 Å². The van der Waals surface area contributed by atoms with E-state index in [9.17, 15) is 4.57 Å². The first-order valence-corrected chi connectivity index (χ1v) is 6.43. The fourth-order valence-electron chi connectivity index (χ4n) is 1.31. The summed E-state index contributed by atoms with van der Waals surface area (Å²) >= 11 is 0. The Morgan fingerprint density at radius 1 is 0.812 bits per heavy atom. The Kier molecular flexibility index (Phi) is 3.59. The van der Waals surface area contributed by atoms with Gasteiger partial charge in [0.2, 0.25) is 0 Å². The fraction of sp³-hybridized carbons (Fsp3) is 0. The highest BCUT2D eigenvalue weighted by Crippen LogP contribution is 2.17. The highest BCUT2D eigenvalue weighted by atomic mass is 31.1. The van der Waals surface area contributed by atoms with Crippen LogP contribution >= 0.6 is 7.80 Å². The van der Waals surface area contributed by atoms with E-state index in [1.54, 1.807) is 0 Å². The van der Waals surface area contributed by atoms with Crippen LogP contribution in [0.1, 0.15) is 5.56 Å². The minimum atomic E-state index is -1.98. The summed E-state index contributed by atoms with van der Waals surface area (Å²) in [5.41, 5.74) is 3.71. The van der Waals surface area contributed by atoms with Crippen molar-refractivity contribution in [2.75, 3.05) is 0 Å². The van der Waals surface area contributed by atoms with Crippen molar-refractivity contribution in [1.29, 1.82) is 0 Å². The van der Waals surface area contributed by atoms with Gasteiger partial charge in [-0.25, -0.2) is 0 Å². The molecule has 0 aliphatic carbocycles. The van der Waals surface area contributed by atoms with E-state index in [1.165, 1.54) is 0 Å². The predicted molar refractivity (Wildman–Crippen MR) is 68.4 cm³/mol. The molecule has 0 amide bonds. The molecule has 0 saturated carbocycles. The van der Waals surface area contributed by atoms with Gasteiger partial charge in [-0.15, -0.1) is 0 Å². The molecule has 0 spiro atoms. The minimum Gasteiger partial charge on any atom is -0.308 e. The second-order valence-corrected chi connectivity index (χ2v) is 4.80. The van der Waals surface area contributed by atoms with E-state index in [-0.39, 0.29) is 0 Å². The lowest BCUT2D eigenvalue weighted by Crippen LogP contribution is -1.91. The molecule has 0 N–H and O–H groups in total. The summed E-state index contributed by atoms with van der Waals surface area (Å²) in [5, 5.41) is 0.816. The van der Waals surface area contributed by atoms with E-state index in [4.69, 9.17) is 0 Å². The monoisotopic (exact) mass is 226 g/mol. The molecule has 0 heterocycles. The van der Waals surface area contributed by atoms with Gasteiger partial charge in [0.05, 0.1) is 0 Å². The quantitative estimate of drug-likeness (QED) is 0.539. The normalized spacial score (nSPS) is 11.2. The lowest BCUT2D eigenvalue weighted by molar-refractivity contribution is 0.598. The second kappa shape index (κ2) is 5.35. The van der Waals surface area contributed by atoms with Crippen LogP contribution in [-0.4, -0.2) is 0 Å². The van der Waals surface area contributed by atoms with Gasteiger partial charge in [-0.1, -0.05) is 54.5 Å². The average molecular weight is 226 g/mol. The number of rotatable bonds is 1. The van der Waals surface area contributed by atoms with Gasteiger partial charge >= 0.3 is 0 Å². The van der Waals surface area contributed by atoms with E-state index < -0.39 is 7.80 Å². The van der Waals surface area contributed by atoms with Crippen LogP contribution in [0.2, 0.25) is 0 Å². The molecule has 2 aromatic carbocycles. The first-order valence-electron chi connectivity index (χ1n) is 5.03. The van der Waals surface area contributed by atoms with Crippen LogP contribution in [0.3, 0.4) is 0 Å². The van der Waals surface area contributed by atoms with Crippen molar-refractivity contribution in [2.45, 2.75) is 0 Å². The zero-order chi connectivity index (χ0) is 11.2. The number of benzene rings is 2. The summed E-state index contributed by atoms with van der Waals surface area (Å²) in [5.74, 6) is 2.93. The molecule has 0 saturated heterocycles. The molecule has 78 valence electrons. The Balaban J connectivity index is 2.18. The van der Waals surface area contributed by atoms with Crippen molar-refractivity contribution in [3.8, 4) is 11.6 Å².